The third kappa shape index (κ3) is 3.72. The van der Waals surface area contributed by atoms with Crippen molar-refractivity contribution in [2.45, 2.75) is 32.4 Å². The van der Waals surface area contributed by atoms with Crippen LogP contribution in [-0.2, 0) is 4.79 Å². The van der Waals surface area contributed by atoms with Crippen molar-refractivity contribution < 1.29 is 28.2 Å². The fourth-order valence-electron chi connectivity index (χ4n) is 2.54. The maximum absolute atomic E-state index is 12.5. The maximum atomic E-state index is 12.5. The summed E-state index contributed by atoms with van der Waals surface area (Å²) in [5.74, 6) is -1.81. The van der Waals surface area contributed by atoms with Crippen LogP contribution < -0.4 is 4.74 Å². The molecule has 0 aliphatic carbocycles. The van der Waals surface area contributed by atoms with E-state index in [1.165, 1.54) is 29.2 Å². The van der Waals surface area contributed by atoms with Crippen molar-refractivity contribution in [3.63, 3.8) is 0 Å². The van der Waals surface area contributed by atoms with Gasteiger partial charge in [-0.1, -0.05) is 0 Å². The van der Waals surface area contributed by atoms with E-state index in [1.807, 2.05) is 6.92 Å². The molecular formula is C15H17F2NO4. The lowest BCUT2D eigenvalue weighted by Gasteiger charge is -2.36. The summed E-state index contributed by atoms with van der Waals surface area (Å²) in [6, 6.07) is 5.33. The van der Waals surface area contributed by atoms with Gasteiger partial charge in [-0.3, -0.25) is 9.59 Å². The van der Waals surface area contributed by atoms with Gasteiger partial charge in [0.2, 0.25) is 0 Å². The quantitative estimate of drug-likeness (QED) is 0.928. The van der Waals surface area contributed by atoms with Gasteiger partial charge in [-0.25, -0.2) is 0 Å². The van der Waals surface area contributed by atoms with Crippen LogP contribution in [0.5, 0.6) is 5.75 Å². The van der Waals surface area contributed by atoms with Crippen molar-refractivity contribution in [2.75, 3.05) is 6.54 Å². The molecule has 1 N–H and O–H groups in total. The number of piperidine rings is 1. The SMILES string of the molecule is CC1CCC(C(=O)O)CN1C(=O)c1ccc(OC(F)F)cc1. The average Bonchev–Trinajstić information content (AvgIpc) is 2.47. The molecular weight excluding hydrogens is 296 g/mol. The summed E-state index contributed by atoms with van der Waals surface area (Å²) < 4.78 is 28.4. The Morgan fingerprint density at radius 3 is 2.45 bits per heavy atom. The van der Waals surface area contributed by atoms with Crippen LogP contribution in [0.2, 0.25) is 0 Å². The van der Waals surface area contributed by atoms with Gasteiger partial charge >= 0.3 is 12.6 Å². The zero-order valence-electron chi connectivity index (χ0n) is 12.0. The van der Waals surface area contributed by atoms with Gasteiger partial charge in [0.25, 0.3) is 5.91 Å². The van der Waals surface area contributed by atoms with Crippen LogP contribution in [0, 0.1) is 5.92 Å². The number of likely N-dealkylation sites (tertiary alicyclic amines) is 1. The molecule has 0 aromatic heterocycles. The lowest BCUT2D eigenvalue weighted by atomic mass is 9.93. The third-order valence-corrected chi connectivity index (χ3v) is 3.82. The van der Waals surface area contributed by atoms with Crippen LogP contribution in [0.4, 0.5) is 8.78 Å². The van der Waals surface area contributed by atoms with Crippen molar-refractivity contribution in [1.82, 2.24) is 4.90 Å². The van der Waals surface area contributed by atoms with Crippen molar-refractivity contribution in [3.05, 3.63) is 29.8 Å². The monoisotopic (exact) mass is 313 g/mol. The third-order valence-electron chi connectivity index (χ3n) is 3.82. The van der Waals surface area contributed by atoms with Gasteiger partial charge in [0.1, 0.15) is 5.75 Å². The van der Waals surface area contributed by atoms with Crippen molar-refractivity contribution in [2.24, 2.45) is 5.92 Å². The zero-order valence-corrected chi connectivity index (χ0v) is 12.0. The molecule has 0 radical (unpaired) electrons. The van der Waals surface area contributed by atoms with E-state index in [0.717, 1.165) is 0 Å². The van der Waals surface area contributed by atoms with Crippen LogP contribution in [-0.4, -0.2) is 41.1 Å². The molecule has 1 aromatic rings. The van der Waals surface area contributed by atoms with Crippen LogP contribution in [0.15, 0.2) is 24.3 Å². The van der Waals surface area contributed by atoms with Crippen molar-refractivity contribution in [1.29, 1.82) is 0 Å². The summed E-state index contributed by atoms with van der Waals surface area (Å²) in [4.78, 5) is 25.1. The summed E-state index contributed by atoms with van der Waals surface area (Å²) in [6.45, 7) is -0.894. The number of ether oxygens (including phenoxy) is 1. The van der Waals surface area contributed by atoms with Crippen LogP contribution in [0.1, 0.15) is 30.1 Å². The number of alkyl halides is 2. The number of rotatable bonds is 4. The van der Waals surface area contributed by atoms with Gasteiger partial charge in [0.05, 0.1) is 5.92 Å². The van der Waals surface area contributed by atoms with E-state index >= 15 is 0 Å². The molecule has 2 rings (SSSR count). The van der Waals surface area contributed by atoms with E-state index in [9.17, 15) is 18.4 Å². The fourth-order valence-corrected chi connectivity index (χ4v) is 2.54. The van der Waals surface area contributed by atoms with E-state index < -0.39 is 18.5 Å². The summed E-state index contributed by atoms with van der Waals surface area (Å²) in [7, 11) is 0. The highest BCUT2D eigenvalue weighted by Crippen LogP contribution is 2.24. The predicted molar refractivity (Wildman–Crippen MR) is 73.9 cm³/mol. The number of aliphatic carboxylic acids is 1. The highest BCUT2D eigenvalue weighted by atomic mass is 19.3. The maximum Gasteiger partial charge on any atom is 0.387 e. The largest absolute Gasteiger partial charge is 0.481 e. The van der Waals surface area contributed by atoms with E-state index in [4.69, 9.17) is 5.11 Å². The molecule has 2 atom stereocenters. The normalized spacial score (nSPS) is 21.7. The highest BCUT2D eigenvalue weighted by Gasteiger charge is 2.32. The summed E-state index contributed by atoms with van der Waals surface area (Å²) in [5.41, 5.74) is 0.319. The number of halogens is 2. The molecule has 1 aromatic carbocycles. The Labute approximate surface area is 126 Å². The van der Waals surface area contributed by atoms with Gasteiger partial charge in [0.15, 0.2) is 0 Å². The molecule has 120 valence electrons. The molecule has 5 nitrogen and oxygen atoms in total. The number of benzene rings is 1. The topological polar surface area (TPSA) is 66.8 Å². The summed E-state index contributed by atoms with van der Waals surface area (Å²) in [5, 5.41) is 9.09. The molecule has 1 fully saturated rings. The standard InChI is InChI=1S/C15H17F2NO4/c1-9-2-3-11(14(20)21)8-18(9)13(19)10-4-6-12(7-5-10)22-15(16)17/h4-7,9,11,15H,2-3,8H2,1H3,(H,20,21). The van der Waals surface area contributed by atoms with Crippen LogP contribution in [0.3, 0.4) is 0 Å². The summed E-state index contributed by atoms with van der Waals surface area (Å²) >= 11 is 0. The smallest absolute Gasteiger partial charge is 0.387 e. The molecule has 2 unspecified atom stereocenters. The Hall–Kier alpha value is -2.18. The van der Waals surface area contributed by atoms with Gasteiger partial charge < -0.3 is 14.7 Å². The Kier molecular flexibility index (Phi) is 4.95. The molecule has 1 aliphatic heterocycles. The number of carboxylic acid groups (broad SMARTS) is 1. The number of nitrogens with zero attached hydrogens (tertiary/aromatic N) is 1. The van der Waals surface area contributed by atoms with Crippen molar-refractivity contribution >= 4 is 11.9 Å². The number of hydrogen-bond donors (Lipinski definition) is 1. The Morgan fingerprint density at radius 1 is 1.27 bits per heavy atom. The second-order valence-electron chi connectivity index (χ2n) is 5.32. The molecule has 1 heterocycles. The minimum Gasteiger partial charge on any atom is -0.481 e. The first-order chi connectivity index (χ1) is 10.4. The molecule has 1 aliphatic rings. The van der Waals surface area contributed by atoms with Gasteiger partial charge in [0, 0.05) is 18.2 Å². The number of hydrogen-bond acceptors (Lipinski definition) is 3. The predicted octanol–water partition coefficient (Wildman–Crippen LogP) is 2.61. The number of carbonyl (C=O) groups is 2. The minimum absolute atomic E-state index is 0.0262. The summed E-state index contributed by atoms with van der Waals surface area (Å²) in [6.07, 6.45) is 1.16. The molecule has 0 spiro atoms. The number of carboxylic acids is 1. The number of carbonyl (C=O) groups excluding carboxylic acids is 1. The molecule has 1 saturated heterocycles. The lowest BCUT2D eigenvalue weighted by Crippen LogP contribution is -2.47. The van der Waals surface area contributed by atoms with Gasteiger partial charge in [-0.2, -0.15) is 8.78 Å². The lowest BCUT2D eigenvalue weighted by molar-refractivity contribution is -0.143. The Morgan fingerprint density at radius 2 is 1.91 bits per heavy atom. The van der Waals surface area contributed by atoms with E-state index in [0.29, 0.717) is 18.4 Å². The molecule has 22 heavy (non-hydrogen) atoms. The van der Waals surface area contributed by atoms with Gasteiger partial charge in [-0.05, 0) is 44.0 Å². The first kappa shape index (κ1) is 16.2. The molecule has 0 saturated carbocycles. The fraction of sp³-hybridized carbons (Fsp3) is 0.467. The Bertz CT molecular complexity index is 547. The molecule has 1 amide bonds. The second kappa shape index (κ2) is 6.72. The highest BCUT2D eigenvalue weighted by molar-refractivity contribution is 5.95. The van der Waals surface area contributed by atoms with E-state index in [1.54, 1.807) is 0 Å². The minimum atomic E-state index is -2.92. The van der Waals surface area contributed by atoms with Crippen LogP contribution >= 0.6 is 0 Å². The second-order valence-corrected chi connectivity index (χ2v) is 5.32. The zero-order chi connectivity index (χ0) is 16.3. The number of amides is 1. The molecule has 0 bridgehead atoms. The van der Waals surface area contributed by atoms with Gasteiger partial charge in [-0.15, -0.1) is 0 Å². The van der Waals surface area contributed by atoms with Crippen LogP contribution in [0.25, 0.3) is 0 Å². The molecule has 7 heteroatoms. The average molecular weight is 313 g/mol. The van der Waals surface area contributed by atoms with E-state index in [2.05, 4.69) is 4.74 Å². The Balaban J connectivity index is 2.10. The first-order valence-corrected chi connectivity index (χ1v) is 6.97. The van der Waals surface area contributed by atoms with Crippen molar-refractivity contribution in [3.8, 4) is 5.75 Å². The van der Waals surface area contributed by atoms with E-state index in [-0.39, 0.29) is 24.2 Å². The first-order valence-electron chi connectivity index (χ1n) is 6.97.